The molecule has 0 aliphatic carbocycles. The minimum atomic E-state index is -3.73. The van der Waals surface area contributed by atoms with Crippen LogP contribution in [0, 0.1) is 0 Å². The van der Waals surface area contributed by atoms with E-state index in [4.69, 9.17) is 10.5 Å². The summed E-state index contributed by atoms with van der Waals surface area (Å²) in [5.74, 6) is -0.290. The summed E-state index contributed by atoms with van der Waals surface area (Å²) in [6.45, 7) is -0.281. The van der Waals surface area contributed by atoms with Crippen LogP contribution in [0.4, 0.5) is 5.69 Å². The molecule has 1 aromatic carbocycles. The largest absolute Gasteiger partial charge is 0.484 e. The number of ether oxygens (including phenoxy) is 1. The molecule has 0 unspecified atom stereocenters. The Bertz CT molecular complexity index is 697. The van der Waals surface area contributed by atoms with Crippen molar-refractivity contribution in [3.63, 3.8) is 0 Å². The van der Waals surface area contributed by atoms with Gasteiger partial charge < -0.3 is 15.5 Å². The van der Waals surface area contributed by atoms with Crippen LogP contribution in [0.3, 0.4) is 0 Å². The number of primary amides is 1. The van der Waals surface area contributed by atoms with Crippen LogP contribution in [0.1, 0.15) is 0 Å². The molecule has 0 atom stereocenters. The molecule has 2 aromatic rings. The zero-order valence-electron chi connectivity index (χ0n) is 10.2. The Morgan fingerprint density at radius 2 is 2.25 bits per heavy atom. The number of hydrogen-bond donors (Lipinski definition) is 3. The number of nitrogens with zero attached hydrogens (tertiary/aromatic N) is 1. The summed E-state index contributed by atoms with van der Waals surface area (Å²) >= 11 is 0. The highest BCUT2D eigenvalue weighted by Crippen LogP contribution is 2.19. The third-order valence-electron chi connectivity index (χ3n) is 2.23. The number of imidazole rings is 1. The third kappa shape index (κ3) is 3.48. The zero-order chi connectivity index (χ0) is 14.6. The van der Waals surface area contributed by atoms with Crippen LogP contribution in [0.25, 0.3) is 0 Å². The van der Waals surface area contributed by atoms with Crippen molar-refractivity contribution in [2.24, 2.45) is 5.73 Å². The van der Waals surface area contributed by atoms with Gasteiger partial charge in [-0.3, -0.25) is 9.52 Å². The summed E-state index contributed by atoms with van der Waals surface area (Å²) in [7, 11) is -3.73. The maximum atomic E-state index is 11.9. The molecule has 0 bridgehead atoms. The molecule has 106 valence electrons. The topological polar surface area (TPSA) is 127 Å². The van der Waals surface area contributed by atoms with E-state index in [2.05, 4.69) is 14.7 Å². The molecule has 9 heteroatoms. The molecule has 2 rings (SSSR count). The predicted molar refractivity (Wildman–Crippen MR) is 70.5 cm³/mol. The first kappa shape index (κ1) is 13.9. The van der Waals surface area contributed by atoms with Gasteiger partial charge in [-0.25, -0.2) is 4.98 Å². The molecule has 1 aromatic heterocycles. The lowest BCUT2D eigenvalue weighted by Crippen LogP contribution is -2.20. The van der Waals surface area contributed by atoms with Crippen molar-refractivity contribution in [2.75, 3.05) is 11.3 Å². The lowest BCUT2D eigenvalue weighted by molar-refractivity contribution is -0.119. The van der Waals surface area contributed by atoms with Crippen molar-refractivity contribution in [1.29, 1.82) is 0 Å². The van der Waals surface area contributed by atoms with E-state index < -0.39 is 15.9 Å². The van der Waals surface area contributed by atoms with Gasteiger partial charge in [0.25, 0.3) is 15.9 Å². The number of H-pyrrole nitrogens is 1. The van der Waals surface area contributed by atoms with Crippen molar-refractivity contribution < 1.29 is 17.9 Å². The Kier molecular flexibility index (Phi) is 3.89. The van der Waals surface area contributed by atoms with Crippen LogP contribution in [0.5, 0.6) is 5.75 Å². The molecule has 20 heavy (non-hydrogen) atoms. The molecule has 0 aliphatic rings. The standard InChI is InChI=1S/C11H12N4O4S/c12-10(16)6-19-9-3-1-2-8(4-9)15-20(17,18)11-5-13-7-14-11/h1-5,7,15H,6H2,(H2,12,16)(H,13,14). The number of nitrogens with one attached hydrogen (secondary N) is 2. The van der Waals surface area contributed by atoms with E-state index in [1.807, 2.05) is 0 Å². The number of carbonyl (C=O) groups is 1. The van der Waals surface area contributed by atoms with Gasteiger partial charge in [0.2, 0.25) is 0 Å². The molecule has 0 spiro atoms. The van der Waals surface area contributed by atoms with Crippen molar-refractivity contribution >= 4 is 21.6 Å². The molecular formula is C11H12N4O4S. The van der Waals surface area contributed by atoms with E-state index >= 15 is 0 Å². The monoisotopic (exact) mass is 296 g/mol. The lowest BCUT2D eigenvalue weighted by atomic mass is 10.3. The Hall–Kier alpha value is -2.55. The van der Waals surface area contributed by atoms with Crippen molar-refractivity contribution in [2.45, 2.75) is 5.03 Å². The van der Waals surface area contributed by atoms with Gasteiger partial charge in [-0.2, -0.15) is 8.42 Å². The van der Waals surface area contributed by atoms with Crippen LogP contribution in [-0.4, -0.2) is 30.9 Å². The van der Waals surface area contributed by atoms with Crippen LogP contribution in [0.2, 0.25) is 0 Å². The number of sulfonamides is 1. The molecule has 0 aliphatic heterocycles. The van der Waals surface area contributed by atoms with Crippen LogP contribution >= 0.6 is 0 Å². The summed E-state index contributed by atoms with van der Waals surface area (Å²) < 4.78 is 31.3. The lowest BCUT2D eigenvalue weighted by Gasteiger charge is -2.08. The molecular weight excluding hydrogens is 284 g/mol. The van der Waals surface area contributed by atoms with Crippen molar-refractivity contribution in [1.82, 2.24) is 9.97 Å². The van der Waals surface area contributed by atoms with Crippen LogP contribution < -0.4 is 15.2 Å². The summed E-state index contributed by atoms with van der Waals surface area (Å²) in [6, 6.07) is 6.15. The number of amides is 1. The van der Waals surface area contributed by atoms with Crippen LogP contribution in [-0.2, 0) is 14.8 Å². The van der Waals surface area contributed by atoms with E-state index in [1.54, 1.807) is 18.2 Å². The second-order valence-corrected chi connectivity index (χ2v) is 5.46. The minimum absolute atomic E-state index is 0.0547. The second-order valence-electron chi connectivity index (χ2n) is 3.80. The first-order valence-electron chi connectivity index (χ1n) is 5.50. The van der Waals surface area contributed by atoms with Crippen molar-refractivity contribution in [3.8, 4) is 5.75 Å². The van der Waals surface area contributed by atoms with E-state index in [0.717, 1.165) is 0 Å². The summed E-state index contributed by atoms with van der Waals surface area (Å²) in [5.41, 5.74) is 5.25. The number of nitrogens with two attached hydrogens (primary N) is 1. The average Bonchev–Trinajstić information content (AvgIpc) is 2.91. The number of aromatic amines is 1. The molecule has 0 fully saturated rings. The first-order chi connectivity index (χ1) is 9.47. The van der Waals surface area contributed by atoms with Gasteiger partial charge in [0.1, 0.15) is 5.75 Å². The number of hydrogen-bond acceptors (Lipinski definition) is 5. The van der Waals surface area contributed by atoms with Gasteiger partial charge in [0.05, 0.1) is 18.2 Å². The first-order valence-corrected chi connectivity index (χ1v) is 6.98. The highest BCUT2D eigenvalue weighted by Gasteiger charge is 2.15. The number of benzene rings is 1. The maximum Gasteiger partial charge on any atom is 0.278 e. The van der Waals surface area contributed by atoms with Gasteiger partial charge in [-0.15, -0.1) is 0 Å². The molecule has 1 heterocycles. The smallest absolute Gasteiger partial charge is 0.278 e. The minimum Gasteiger partial charge on any atom is -0.484 e. The van der Waals surface area contributed by atoms with Gasteiger partial charge in [-0.1, -0.05) is 6.07 Å². The Morgan fingerprint density at radius 3 is 2.90 bits per heavy atom. The molecule has 0 saturated carbocycles. The summed E-state index contributed by atoms with van der Waals surface area (Å²) in [6.07, 6.45) is 2.46. The predicted octanol–water partition coefficient (Wildman–Crippen LogP) is 0.0746. The fourth-order valence-corrected chi connectivity index (χ4v) is 2.36. The highest BCUT2D eigenvalue weighted by molar-refractivity contribution is 7.92. The third-order valence-corrected chi connectivity index (χ3v) is 3.54. The molecule has 1 amide bonds. The summed E-state index contributed by atoms with van der Waals surface area (Å²) in [5, 5.41) is -0.0547. The summed E-state index contributed by atoms with van der Waals surface area (Å²) in [4.78, 5) is 16.8. The molecule has 0 radical (unpaired) electrons. The normalized spacial score (nSPS) is 11.0. The average molecular weight is 296 g/mol. The van der Waals surface area contributed by atoms with Gasteiger partial charge in [0, 0.05) is 6.07 Å². The zero-order valence-corrected chi connectivity index (χ0v) is 11.1. The van der Waals surface area contributed by atoms with E-state index in [0.29, 0.717) is 11.4 Å². The van der Waals surface area contributed by atoms with Crippen LogP contribution in [0.15, 0.2) is 41.8 Å². The maximum absolute atomic E-state index is 11.9. The Balaban J connectivity index is 2.14. The molecule has 4 N–H and O–H groups in total. The van der Waals surface area contributed by atoms with Gasteiger partial charge >= 0.3 is 0 Å². The Morgan fingerprint density at radius 1 is 1.45 bits per heavy atom. The SMILES string of the molecule is NC(=O)COc1cccc(NS(=O)(=O)c2cnc[nH]2)c1. The van der Waals surface area contributed by atoms with E-state index in [-0.39, 0.29) is 11.6 Å². The fourth-order valence-electron chi connectivity index (χ4n) is 1.40. The molecule has 0 saturated heterocycles. The Labute approximate surface area is 115 Å². The van der Waals surface area contributed by atoms with E-state index in [1.165, 1.54) is 18.6 Å². The second kappa shape index (κ2) is 5.61. The number of rotatable bonds is 6. The van der Waals surface area contributed by atoms with Crippen molar-refractivity contribution in [3.05, 3.63) is 36.8 Å². The fraction of sp³-hybridized carbons (Fsp3) is 0.0909. The quantitative estimate of drug-likeness (QED) is 0.695. The number of aromatic nitrogens is 2. The molecule has 8 nitrogen and oxygen atoms in total. The van der Waals surface area contributed by atoms with Gasteiger partial charge in [-0.05, 0) is 12.1 Å². The number of carbonyl (C=O) groups excluding carboxylic acids is 1. The van der Waals surface area contributed by atoms with Gasteiger partial charge in [0.15, 0.2) is 11.6 Å². The van der Waals surface area contributed by atoms with E-state index in [9.17, 15) is 13.2 Å². The highest BCUT2D eigenvalue weighted by atomic mass is 32.2. The number of anilines is 1.